The van der Waals surface area contributed by atoms with Crippen molar-refractivity contribution in [2.45, 2.75) is 32.8 Å². The number of likely N-dealkylation sites (N-methyl/N-ethyl adjacent to an activating group) is 1. The summed E-state index contributed by atoms with van der Waals surface area (Å²) in [6, 6.07) is 0. The molecule has 0 aromatic carbocycles. The maximum absolute atomic E-state index is 10.0. The van der Waals surface area contributed by atoms with Crippen LogP contribution in [-0.2, 0) is 4.74 Å². The number of methoxy groups -OCH3 is 1. The maximum Gasteiger partial charge on any atom is 0.0769 e. The third kappa shape index (κ3) is 5.24. The molecule has 0 radical (unpaired) electrons. The minimum Gasteiger partial charge on any atom is -0.389 e. The Kier molecular flexibility index (Phi) is 6.29. The highest BCUT2D eigenvalue weighted by molar-refractivity contribution is 4.81. The van der Waals surface area contributed by atoms with E-state index in [0.717, 1.165) is 13.0 Å². The molecule has 2 atom stereocenters. The third-order valence-corrected chi connectivity index (χ3v) is 2.55. The molecule has 0 aromatic rings. The summed E-state index contributed by atoms with van der Waals surface area (Å²) in [5.74, 6) is 0.256. The van der Waals surface area contributed by atoms with Crippen LogP contribution in [0.3, 0.4) is 0 Å². The Labute approximate surface area is 81.5 Å². The molecule has 0 fully saturated rings. The molecule has 0 amide bonds. The molecule has 0 aromatic heterocycles. The zero-order valence-electron chi connectivity index (χ0n) is 9.26. The Balaban J connectivity index is 3.80. The van der Waals surface area contributed by atoms with Gasteiger partial charge in [-0.1, -0.05) is 13.8 Å². The lowest BCUT2D eigenvalue weighted by Crippen LogP contribution is -2.43. The molecular weight excluding hydrogens is 166 g/mol. The summed E-state index contributed by atoms with van der Waals surface area (Å²) >= 11 is 0. The fraction of sp³-hybridized carbons (Fsp3) is 1.00. The summed E-state index contributed by atoms with van der Waals surface area (Å²) in [5.41, 5.74) is -0.630. The third-order valence-electron chi connectivity index (χ3n) is 2.55. The van der Waals surface area contributed by atoms with E-state index in [9.17, 15) is 5.11 Å². The monoisotopic (exact) mass is 189 g/mol. The summed E-state index contributed by atoms with van der Waals surface area (Å²) in [6.45, 7) is 8.22. The van der Waals surface area contributed by atoms with Gasteiger partial charge in [0.1, 0.15) is 0 Å². The van der Waals surface area contributed by atoms with E-state index < -0.39 is 5.60 Å². The molecule has 2 N–H and O–H groups in total. The fourth-order valence-electron chi connectivity index (χ4n) is 1.16. The van der Waals surface area contributed by atoms with Gasteiger partial charge in [-0.05, 0) is 25.8 Å². The second-order valence-corrected chi connectivity index (χ2v) is 3.82. The van der Waals surface area contributed by atoms with E-state index in [4.69, 9.17) is 4.74 Å². The van der Waals surface area contributed by atoms with Gasteiger partial charge in [-0.2, -0.15) is 0 Å². The van der Waals surface area contributed by atoms with Gasteiger partial charge in [-0.25, -0.2) is 0 Å². The number of hydrogen-bond donors (Lipinski definition) is 2. The zero-order chi connectivity index (χ0) is 10.3. The summed E-state index contributed by atoms with van der Waals surface area (Å²) in [7, 11) is 1.69. The van der Waals surface area contributed by atoms with Crippen LogP contribution in [0.5, 0.6) is 0 Å². The first kappa shape index (κ1) is 12.9. The number of rotatable bonds is 7. The summed E-state index contributed by atoms with van der Waals surface area (Å²) < 4.78 is 4.98. The number of hydrogen-bond acceptors (Lipinski definition) is 3. The largest absolute Gasteiger partial charge is 0.389 e. The first-order valence-corrected chi connectivity index (χ1v) is 4.96. The molecule has 0 saturated heterocycles. The second-order valence-electron chi connectivity index (χ2n) is 3.82. The van der Waals surface area contributed by atoms with Crippen molar-refractivity contribution in [2.75, 3.05) is 26.8 Å². The van der Waals surface area contributed by atoms with E-state index in [1.165, 1.54) is 0 Å². The van der Waals surface area contributed by atoms with E-state index >= 15 is 0 Å². The number of aliphatic hydroxyl groups is 1. The van der Waals surface area contributed by atoms with Gasteiger partial charge in [0.15, 0.2) is 0 Å². The highest BCUT2D eigenvalue weighted by Gasteiger charge is 2.26. The van der Waals surface area contributed by atoms with E-state index in [1.807, 2.05) is 13.8 Å². The summed E-state index contributed by atoms with van der Waals surface area (Å²) in [4.78, 5) is 0. The van der Waals surface area contributed by atoms with Crippen LogP contribution in [0, 0.1) is 5.92 Å². The molecule has 0 bridgehead atoms. The minimum atomic E-state index is -0.630. The average Bonchev–Trinajstić information content (AvgIpc) is 2.10. The van der Waals surface area contributed by atoms with Gasteiger partial charge in [-0.15, -0.1) is 0 Å². The lowest BCUT2D eigenvalue weighted by molar-refractivity contribution is -0.00453. The van der Waals surface area contributed by atoms with Crippen LogP contribution in [-0.4, -0.2) is 37.5 Å². The van der Waals surface area contributed by atoms with Crippen molar-refractivity contribution < 1.29 is 9.84 Å². The van der Waals surface area contributed by atoms with E-state index in [-0.39, 0.29) is 5.92 Å². The Morgan fingerprint density at radius 1 is 1.54 bits per heavy atom. The molecule has 3 nitrogen and oxygen atoms in total. The van der Waals surface area contributed by atoms with Crippen molar-refractivity contribution in [2.24, 2.45) is 5.92 Å². The van der Waals surface area contributed by atoms with Crippen molar-refractivity contribution in [3.8, 4) is 0 Å². The molecule has 0 rings (SSSR count). The molecule has 0 aliphatic heterocycles. The van der Waals surface area contributed by atoms with Gasteiger partial charge in [0.2, 0.25) is 0 Å². The van der Waals surface area contributed by atoms with Crippen molar-refractivity contribution in [1.82, 2.24) is 5.32 Å². The standard InChI is InChI=1S/C10H23NO2/c1-5-11-8-10(3,12)9(2)6-7-13-4/h9,11-12H,5-8H2,1-4H3. The van der Waals surface area contributed by atoms with Crippen LogP contribution in [0.15, 0.2) is 0 Å². The van der Waals surface area contributed by atoms with Crippen LogP contribution in [0.25, 0.3) is 0 Å². The Hall–Kier alpha value is -0.120. The van der Waals surface area contributed by atoms with Crippen molar-refractivity contribution in [1.29, 1.82) is 0 Å². The van der Waals surface area contributed by atoms with Crippen LogP contribution in [0.4, 0.5) is 0 Å². The summed E-state index contributed by atoms with van der Waals surface area (Å²) in [6.07, 6.45) is 0.898. The van der Waals surface area contributed by atoms with E-state index in [1.54, 1.807) is 7.11 Å². The normalized spacial score (nSPS) is 18.2. The quantitative estimate of drug-likeness (QED) is 0.628. The molecule has 2 unspecified atom stereocenters. The van der Waals surface area contributed by atoms with Crippen LogP contribution in [0.2, 0.25) is 0 Å². The average molecular weight is 189 g/mol. The van der Waals surface area contributed by atoms with Crippen LogP contribution < -0.4 is 5.32 Å². The molecule has 0 aliphatic rings. The van der Waals surface area contributed by atoms with Gasteiger partial charge >= 0.3 is 0 Å². The molecular formula is C10H23NO2. The number of ether oxygens (including phenoxy) is 1. The molecule has 0 saturated carbocycles. The molecule has 0 spiro atoms. The minimum absolute atomic E-state index is 0.256. The zero-order valence-corrected chi connectivity index (χ0v) is 9.26. The van der Waals surface area contributed by atoms with Crippen molar-refractivity contribution >= 4 is 0 Å². The van der Waals surface area contributed by atoms with E-state index in [2.05, 4.69) is 12.2 Å². The van der Waals surface area contributed by atoms with Crippen molar-refractivity contribution in [3.05, 3.63) is 0 Å². The lowest BCUT2D eigenvalue weighted by atomic mass is 9.88. The smallest absolute Gasteiger partial charge is 0.0769 e. The highest BCUT2D eigenvalue weighted by atomic mass is 16.5. The number of nitrogens with one attached hydrogen (secondary N) is 1. The topological polar surface area (TPSA) is 41.5 Å². The maximum atomic E-state index is 10.0. The van der Waals surface area contributed by atoms with Gasteiger partial charge in [0.05, 0.1) is 5.60 Å². The van der Waals surface area contributed by atoms with Gasteiger partial charge in [-0.3, -0.25) is 0 Å². The first-order valence-electron chi connectivity index (χ1n) is 4.96. The van der Waals surface area contributed by atoms with Crippen LogP contribution in [0.1, 0.15) is 27.2 Å². The Bertz CT molecular complexity index is 126. The highest BCUT2D eigenvalue weighted by Crippen LogP contribution is 2.19. The molecule has 13 heavy (non-hydrogen) atoms. The SMILES string of the molecule is CCNCC(C)(O)C(C)CCOC. The first-order chi connectivity index (χ1) is 6.04. The molecule has 0 aliphatic carbocycles. The van der Waals surface area contributed by atoms with Crippen LogP contribution >= 0.6 is 0 Å². The second kappa shape index (κ2) is 6.35. The fourth-order valence-corrected chi connectivity index (χ4v) is 1.16. The molecule has 0 heterocycles. The lowest BCUT2D eigenvalue weighted by Gasteiger charge is -2.30. The van der Waals surface area contributed by atoms with Gasteiger partial charge in [0, 0.05) is 20.3 Å². The van der Waals surface area contributed by atoms with E-state index in [0.29, 0.717) is 13.2 Å². The molecule has 80 valence electrons. The Morgan fingerprint density at radius 2 is 2.15 bits per heavy atom. The predicted molar refractivity (Wildman–Crippen MR) is 54.8 cm³/mol. The Morgan fingerprint density at radius 3 is 2.62 bits per heavy atom. The van der Waals surface area contributed by atoms with Gasteiger partial charge in [0.25, 0.3) is 0 Å². The summed E-state index contributed by atoms with van der Waals surface area (Å²) in [5, 5.41) is 13.2. The van der Waals surface area contributed by atoms with Crippen molar-refractivity contribution in [3.63, 3.8) is 0 Å². The predicted octanol–water partition coefficient (Wildman–Crippen LogP) is 1.02. The van der Waals surface area contributed by atoms with Gasteiger partial charge < -0.3 is 15.2 Å². The molecule has 3 heteroatoms.